The summed E-state index contributed by atoms with van der Waals surface area (Å²) >= 11 is 7.30. The molecule has 1 heterocycles. The molecule has 0 radical (unpaired) electrons. The number of nitrogens with one attached hydrogen (secondary N) is 2. The number of carbonyl (C=O) groups excluding carboxylic acids is 3. The van der Waals surface area contributed by atoms with E-state index in [2.05, 4.69) is 10.6 Å². The summed E-state index contributed by atoms with van der Waals surface area (Å²) < 4.78 is 5.21. The molecule has 3 amide bonds. The molecule has 9 heteroatoms. The molecule has 0 atom stereocenters. The van der Waals surface area contributed by atoms with Crippen molar-refractivity contribution in [1.82, 2.24) is 0 Å². The van der Waals surface area contributed by atoms with Crippen LogP contribution >= 0.6 is 23.4 Å². The summed E-state index contributed by atoms with van der Waals surface area (Å²) in [7, 11) is 1.57. The lowest BCUT2D eigenvalue weighted by Crippen LogP contribution is -2.32. The minimum atomic E-state index is -0.451. The molecule has 194 valence electrons. The fraction of sp³-hybridized carbons (Fsp3) is 0.0333. The molecule has 1 aliphatic heterocycles. The van der Waals surface area contributed by atoms with E-state index in [9.17, 15) is 14.4 Å². The molecule has 39 heavy (non-hydrogen) atoms. The van der Waals surface area contributed by atoms with Gasteiger partial charge >= 0.3 is 0 Å². The number of ether oxygens (including phenoxy) is 1. The highest BCUT2D eigenvalue weighted by Crippen LogP contribution is 2.38. The van der Waals surface area contributed by atoms with Gasteiger partial charge in [0.25, 0.3) is 17.7 Å². The largest absolute Gasteiger partial charge is 0.497 e. The number of benzene rings is 4. The van der Waals surface area contributed by atoms with Crippen molar-refractivity contribution in [3.63, 3.8) is 0 Å². The number of methoxy groups -OCH3 is 1. The Balaban J connectivity index is 1.40. The molecule has 0 fully saturated rings. The van der Waals surface area contributed by atoms with Crippen molar-refractivity contribution < 1.29 is 19.1 Å². The summed E-state index contributed by atoms with van der Waals surface area (Å²) in [5, 5.41) is 6.30. The van der Waals surface area contributed by atoms with Crippen molar-refractivity contribution in [3.8, 4) is 5.75 Å². The number of imide groups is 1. The van der Waals surface area contributed by atoms with Gasteiger partial charge in [-0.05, 0) is 72.8 Å². The smallest absolute Gasteiger partial charge is 0.283 e. The molecular weight excluding hydrogens is 534 g/mol. The Labute approximate surface area is 234 Å². The second-order valence-electron chi connectivity index (χ2n) is 8.40. The number of hydrogen-bond acceptors (Lipinski definition) is 6. The standard InChI is InChI=1S/C30H22ClN3O4S/c1-38-22-15-11-19(12-16-22)32-26-27(30(37)34(29(26)36)21-7-3-2-4-8-21)39-23-17-13-20(14-18-23)33-28(35)24-9-5-6-10-25(24)31/h2-18,32H,1H3,(H,33,35). The van der Waals surface area contributed by atoms with Crippen molar-refractivity contribution in [2.24, 2.45) is 0 Å². The first-order chi connectivity index (χ1) is 18.9. The first-order valence-corrected chi connectivity index (χ1v) is 13.1. The third kappa shape index (κ3) is 5.67. The normalized spacial score (nSPS) is 13.0. The van der Waals surface area contributed by atoms with Gasteiger partial charge in [0.1, 0.15) is 16.4 Å². The van der Waals surface area contributed by atoms with Crippen molar-refractivity contribution in [2.75, 3.05) is 22.6 Å². The van der Waals surface area contributed by atoms with E-state index in [1.54, 1.807) is 104 Å². The van der Waals surface area contributed by atoms with E-state index in [4.69, 9.17) is 16.3 Å². The van der Waals surface area contributed by atoms with Crippen LogP contribution in [0.1, 0.15) is 10.4 Å². The zero-order chi connectivity index (χ0) is 27.4. The van der Waals surface area contributed by atoms with Crippen molar-refractivity contribution in [2.45, 2.75) is 4.90 Å². The molecule has 0 saturated carbocycles. The van der Waals surface area contributed by atoms with E-state index in [-0.39, 0.29) is 16.5 Å². The summed E-state index contributed by atoms with van der Waals surface area (Å²) in [5.74, 6) is -0.535. The Bertz CT molecular complexity index is 1570. The molecule has 0 unspecified atom stereocenters. The van der Waals surface area contributed by atoms with Crippen LogP contribution in [0.4, 0.5) is 17.1 Å². The number of carbonyl (C=O) groups is 3. The Kier molecular flexibility index (Phi) is 7.67. The second-order valence-corrected chi connectivity index (χ2v) is 9.89. The van der Waals surface area contributed by atoms with Crippen LogP contribution in [0.15, 0.2) is 119 Å². The van der Waals surface area contributed by atoms with Gasteiger partial charge in [-0.1, -0.05) is 53.7 Å². The molecule has 0 saturated heterocycles. The predicted octanol–water partition coefficient (Wildman–Crippen LogP) is 6.59. The quantitative estimate of drug-likeness (QED) is 0.238. The van der Waals surface area contributed by atoms with E-state index in [1.807, 2.05) is 6.07 Å². The molecule has 0 aliphatic carbocycles. The maximum absolute atomic E-state index is 13.5. The van der Waals surface area contributed by atoms with Gasteiger partial charge < -0.3 is 15.4 Å². The van der Waals surface area contributed by atoms with E-state index >= 15 is 0 Å². The summed E-state index contributed by atoms with van der Waals surface area (Å²) in [5.41, 5.74) is 2.23. The van der Waals surface area contributed by atoms with Gasteiger partial charge in [-0.15, -0.1) is 0 Å². The van der Waals surface area contributed by atoms with Crippen LogP contribution in [0.25, 0.3) is 0 Å². The molecule has 0 spiro atoms. The molecule has 0 aromatic heterocycles. The number of halogens is 1. The van der Waals surface area contributed by atoms with E-state index in [0.29, 0.717) is 38.3 Å². The Morgan fingerprint density at radius 1 is 0.795 bits per heavy atom. The fourth-order valence-corrected chi connectivity index (χ4v) is 5.06. The van der Waals surface area contributed by atoms with E-state index in [1.165, 1.54) is 11.8 Å². The van der Waals surface area contributed by atoms with Crippen LogP contribution in [0.5, 0.6) is 5.75 Å². The molecule has 4 aromatic carbocycles. The van der Waals surface area contributed by atoms with Crippen LogP contribution in [0, 0.1) is 0 Å². The maximum Gasteiger partial charge on any atom is 0.283 e. The molecular formula is C30H22ClN3O4S. The Morgan fingerprint density at radius 2 is 1.44 bits per heavy atom. The van der Waals surface area contributed by atoms with Gasteiger partial charge in [-0.3, -0.25) is 14.4 Å². The molecule has 7 nitrogen and oxygen atoms in total. The number of nitrogens with zero attached hydrogens (tertiary/aromatic N) is 1. The van der Waals surface area contributed by atoms with E-state index < -0.39 is 11.8 Å². The third-order valence-electron chi connectivity index (χ3n) is 5.87. The average Bonchev–Trinajstić information content (AvgIpc) is 3.19. The lowest BCUT2D eigenvalue weighted by atomic mass is 10.2. The Morgan fingerprint density at radius 3 is 2.10 bits per heavy atom. The van der Waals surface area contributed by atoms with Gasteiger partial charge in [-0.2, -0.15) is 0 Å². The molecule has 1 aliphatic rings. The van der Waals surface area contributed by atoms with Crippen molar-refractivity contribution in [3.05, 3.63) is 124 Å². The lowest BCUT2D eigenvalue weighted by Gasteiger charge is -2.15. The predicted molar refractivity (Wildman–Crippen MR) is 154 cm³/mol. The monoisotopic (exact) mass is 555 g/mol. The molecule has 4 aromatic rings. The zero-order valence-corrected chi connectivity index (χ0v) is 22.3. The maximum atomic E-state index is 13.5. The van der Waals surface area contributed by atoms with Crippen LogP contribution in [-0.4, -0.2) is 24.8 Å². The highest BCUT2D eigenvalue weighted by Gasteiger charge is 2.40. The highest BCUT2D eigenvalue weighted by atomic mass is 35.5. The minimum Gasteiger partial charge on any atom is -0.497 e. The van der Waals surface area contributed by atoms with Gasteiger partial charge in [0.05, 0.1) is 23.4 Å². The van der Waals surface area contributed by atoms with E-state index in [0.717, 1.165) is 4.90 Å². The number of thioether (sulfide) groups is 1. The summed E-state index contributed by atoms with van der Waals surface area (Å²) in [4.78, 5) is 41.7. The second kappa shape index (κ2) is 11.5. The highest BCUT2D eigenvalue weighted by molar-refractivity contribution is 8.04. The molecule has 2 N–H and O–H groups in total. The lowest BCUT2D eigenvalue weighted by molar-refractivity contribution is -0.120. The van der Waals surface area contributed by atoms with Gasteiger partial charge in [0, 0.05) is 16.3 Å². The fourth-order valence-electron chi connectivity index (χ4n) is 3.91. The number of rotatable bonds is 8. The number of amides is 3. The average molecular weight is 556 g/mol. The van der Waals surface area contributed by atoms with Gasteiger partial charge in [0.15, 0.2) is 0 Å². The first kappa shape index (κ1) is 26.1. The topological polar surface area (TPSA) is 87.7 Å². The van der Waals surface area contributed by atoms with Crippen LogP contribution in [-0.2, 0) is 9.59 Å². The Hall–Kier alpha value is -4.53. The summed E-state index contributed by atoms with van der Waals surface area (Å²) in [6, 6.07) is 29.7. The summed E-state index contributed by atoms with van der Waals surface area (Å²) in [6.07, 6.45) is 0. The van der Waals surface area contributed by atoms with Crippen LogP contribution in [0.3, 0.4) is 0 Å². The van der Waals surface area contributed by atoms with Crippen molar-refractivity contribution in [1.29, 1.82) is 0 Å². The molecule has 0 bridgehead atoms. The summed E-state index contributed by atoms with van der Waals surface area (Å²) in [6.45, 7) is 0. The number of anilines is 3. The third-order valence-corrected chi connectivity index (χ3v) is 7.29. The first-order valence-electron chi connectivity index (χ1n) is 11.9. The van der Waals surface area contributed by atoms with Crippen LogP contribution in [0.2, 0.25) is 5.02 Å². The number of hydrogen-bond donors (Lipinski definition) is 2. The van der Waals surface area contributed by atoms with Gasteiger partial charge in [0.2, 0.25) is 0 Å². The number of para-hydroxylation sites is 1. The zero-order valence-electron chi connectivity index (χ0n) is 20.7. The minimum absolute atomic E-state index is 0.176. The SMILES string of the molecule is COc1ccc(NC2=C(Sc3ccc(NC(=O)c4ccccc4Cl)cc3)C(=O)N(c3ccccc3)C2=O)cc1. The van der Waals surface area contributed by atoms with Crippen LogP contribution < -0.4 is 20.3 Å². The van der Waals surface area contributed by atoms with Gasteiger partial charge in [-0.25, -0.2) is 4.90 Å². The van der Waals surface area contributed by atoms with Crippen molar-refractivity contribution >= 4 is 58.1 Å². The molecule has 5 rings (SSSR count).